The van der Waals surface area contributed by atoms with E-state index in [4.69, 9.17) is 4.74 Å². The quantitative estimate of drug-likeness (QED) is 0.791. The van der Waals surface area contributed by atoms with Gasteiger partial charge in [0.2, 0.25) is 0 Å². The van der Waals surface area contributed by atoms with Crippen LogP contribution in [-0.2, 0) is 4.79 Å². The Hall–Kier alpha value is -1.87. The van der Waals surface area contributed by atoms with Crippen LogP contribution in [0.25, 0.3) is 0 Å². The molecule has 0 amide bonds. The second-order valence-electron chi connectivity index (χ2n) is 9.45. The Morgan fingerprint density at radius 1 is 1.07 bits per heavy atom. The predicted molar refractivity (Wildman–Crippen MR) is 109 cm³/mol. The summed E-state index contributed by atoms with van der Waals surface area (Å²) in [5.41, 5.74) is 5.67. The van der Waals surface area contributed by atoms with Crippen molar-refractivity contribution in [3.63, 3.8) is 0 Å². The molecule has 4 aliphatic carbocycles. The molecule has 3 nitrogen and oxygen atoms in total. The Morgan fingerprint density at radius 3 is 2.61 bits per heavy atom. The van der Waals surface area contributed by atoms with Crippen molar-refractivity contribution in [2.45, 2.75) is 63.9 Å². The van der Waals surface area contributed by atoms with Crippen LogP contribution in [0.1, 0.15) is 63.4 Å². The standard InChI is InChI=1S/C25H30O3/c1-25-14-21(15-3-7-18(28-2)8-4-15)24-19-10-6-17(26)13-16(19)5-9-20(24)22(25)11-12-23(25)27/h3-4,7-8,13,20-23,27H,5-6,9-12,14H2,1-2H3/t20?,21-,22?,23+,25+/m1/s1. The van der Waals surface area contributed by atoms with Crippen LogP contribution in [0.3, 0.4) is 0 Å². The van der Waals surface area contributed by atoms with Crippen LogP contribution in [0, 0.1) is 17.3 Å². The van der Waals surface area contributed by atoms with Crippen molar-refractivity contribution in [3.05, 3.63) is 52.6 Å². The third-order valence-corrected chi connectivity index (χ3v) is 8.20. The SMILES string of the molecule is COc1ccc([C@H]2C[C@@]3(C)C(CC[C@@H]3O)C3CCC4=CC(=O)CCC4=C32)cc1. The topological polar surface area (TPSA) is 46.5 Å². The summed E-state index contributed by atoms with van der Waals surface area (Å²) in [6, 6.07) is 8.51. The van der Waals surface area contributed by atoms with Gasteiger partial charge in [-0.15, -0.1) is 0 Å². The van der Waals surface area contributed by atoms with E-state index in [9.17, 15) is 9.90 Å². The normalized spacial score (nSPS) is 37.1. The Morgan fingerprint density at radius 2 is 1.86 bits per heavy atom. The van der Waals surface area contributed by atoms with Crippen molar-refractivity contribution in [1.82, 2.24) is 0 Å². The van der Waals surface area contributed by atoms with Gasteiger partial charge in [-0.05, 0) is 90.7 Å². The number of allylic oxidation sites excluding steroid dienone is 4. The minimum Gasteiger partial charge on any atom is -0.497 e. The average Bonchev–Trinajstić information content (AvgIpc) is 3.01. The molecule has 28 heavy (non-hydrogen) atoms. The molecule has 5 atom stereocenters. The molecule has 1 N–H and O–H groups in total. The van der Waals surface area contributed by atoms with Crippen LogP contribution < -0.4 is 4.74 Å². The maximum atomic E-state index is 12.0. The van der Waals surface area contributed by atoms with Gasteiger partial charge in [-0.3, -0.25) is 4.79 Å². The number of hydrogen-bond acceptors (Lipinski definition) is 3. The average molecular weight is 379 g/mol. The van der Waals surface area contributed by atoms with E-state index < -0.39 is 0 Å². The van der Waals surface area contributed by atoms with Crippen LogP contribution in [0.5, 0.6) is 5.75 Å². The number of hydrogen-bond donors (Lipinski definition) is 1. The number of aliphatic hydroxyl groups excluding tert-OH is 1. The van der Waals surface area contributed by atoms with E-state index >= 15 is 0 Å². The van der Waals surface area contributed by atoms with Gasteiger partial charge < -0.3 is 9.84 Å². The van der Waals surface area contributed by atoms with Gasteiger partial charge in [0.25, 0.3) is 0 Å². The van der Waals surface area contributed by atoms with E-state index in [1.54, 1.807) is 12.7 Å². The Labute approximate surface area is 167 Å². The second kappa shape index (κ2) is 6.59. The Bertz CT molecular complexity index is 862. The molecule has 4 aliphatic rings. The molecule has 148 valence electrons. The zero-order valence-corrected chi connectivity index (χ0v) is 16.9. The lowest BCUT2D eigenvalue weighted by atomic mass is 9.53. The number of fused-ring (bicyclic) bond motifs is 4. The maximum Gasteiger partial charge on any atom is 0.156 e. The van der Waals surface area contributed by atoms with Crippen LogP contribution in [-0.4, -0.2) is 24.1 Å². The maximum absolute atomic E-state index is 12.0. The number of methoxy groups -OCH3 is 1. The zero-order chi connectivity index (χ0) is 19.5. The third-order valence-electron chi connectivity index (χ3n) is 8.20. The number of ketones is 1. The summed E-state index contributed by atoms with van der Waals surface area (Å²) < 4.78 is 5.37. The number of carbonyl (C=O) groups is 1. The smallest absolute Gasteiger partial charge is 0.156 e. The molecule has 0 aliphatic heterocycles. The summed E-state index contributed by atoms with van der Waals surface area (Å²) in [5, 5.41) is 10.9. The highest BCUT2D eigenvalue weighted by molar-refractivity contribution is 5.93. The van der Waals surface area contributed by atoms with Crippen LogP contribution in [0.15, 0.2) is 47.1 Å². The molecule has 2 saturated carbocycles. The summed E-state index contributed by atoms with van der Waals surface area (Å²) in [5.74, 6) is 2.61. The van der Waals surface area contributed by atoms with Crippen molar-refractivity contribution < 1.29 is 14.6 Å². The van der Waals surface area contributed by atoms with Gasteiger partial charge in [-0.2, -0.15) is 0 Å². The van der Waals surface area contributed by atoms with E-state index in [0.717, 1.165) is 44.3 Å². The van der Waals surface area contributed by atoms with Gasteiger partial charge in [-0.1, -0.05) is 24.6 Å². The van der Waals surface area contributed by atoms with Crippen molar-refractivity contribution in [2.75, 3.05) is 7.11 Å². The molecule has 0 radical (unpaired) electrons. The molecule has 1 aromatic carbocycles. The number of rotatable bonds is 2. The first-order valence-electron chi connectivity index (χ1n) is 10.8. The molecule has 2 fully saturated rings. The largest absolute Gasteiger partial charge is 0.497 e. The minimum atomic E-state index is -0.199. The number of ether oxygens (including phenoxy) is 1. The van der Waals surface area contributed by atoms with E-state index in [0.29, 0.717) is 24.2 Å². The molecular weight excluding hydrogens is 348 g/mol. The molecule has 0 bridgehead atoms. The van der Waals surface area contributed by atoms with Crippen molar-refractivity contribution in [1.29, 1.82) is 0 Å². The van der Waals surface area contributed by atoms with Crippen LogP contribution in [0.2, 0.25) is 0 Å². The van der Waals surface area contributed by atoms with Crippen molar-refractivity contribution in [3.8, 4) is 5.75 Å². The monoisotopic (exact) mass is 378 g/mol. The fourth-order valence-electron chi connectivity index (χ4n) is 6.77. The summed E-state index contributed by atoms with van der Waals surface area (Å²) in [6.45, 7) is 2.32. The molecule has 0 aromatic heterocycles. The molecule has 3 heteroatoms. The van der Waals surface area contributed by atoms with Crippen LogP contribution >= 0.6 is 0 Å². The van der Waals surface area contributed by atoms with Gasteiger partial charge in [0.1, 0.15) is 5.75 Å². The van der Waals surface area contributed by atoms with E-state index in [1.165, 1.54) is 16.7 Å². The molecule has 0 spiro atoms. The summed E-state index contributed by atoms with van der Waals surface area (Å²) in [6.07, 6.45) is 8.47. The van der Waals surface area contributed by atoms with E-state index in [-0.39, 0.29) is 17.3 Å². The number of aliphatic hydroxyl groups is 1. The fourth-order valence-corrected chi connectivity index (χ4v) is 6.77. The summed E-state index contributed by atoms with van der Waals surface area (Å²) >= 11 is 0. The van der Waals surface area contributed by atoms with E-state index in [1.807, 2.05) is 6.08 Å². The van der Waals surface area contributed by atoms with E-state index in [2.05, 4.69) is 31.2 Å². The molecule has 1 aromatic rings. The molecule has 2 unspecified atom stereocenters. The second-order valence-corrected chi connectivity index (χ2v) is 9.45. The fraction of sp³-hybridized carbons (Fsp3) is 0.560. The highest BCUT2D eigenvalue weighted by Gasteiger charge is 2.56. The first-order valence-corrected chi connectivity index (χ1v) is 10.8. The number of carbonyl (C=O) groups excluding carboxylic acids is 1. The summed E-state index contributed by atoms with van der Waals surface area (Å²) in [7, 11) is 1.70. The summed E-state index contributed by atoms with van der Waals surface area (Å²) in [4.78, 5) is 12.0. The molecule has 5 rings (SSSR count). The molecule has 0 saturated heterocycles. The van der Waals surface area contributed by atoms with Crippen molar-refractivity contribution >= 4 is 5.78 Å². The minimum absolute atomic E-state index is 0.00890. The zero-order valence-electron chi connectivity index (χ0n) is 16.9. The van der Waals surface area contributed by atoms with Crippen molar-refractivity contribution in [2.24, 2.45) is 17.3 Å². The highest BCUT2D eigenvalue weighted by Crippen LogP contribution is 2.63. The Balaban J connectivity index is 1.66. The lowest BCUT2D eigenvalue weighted by Gasteiger charge is -2.52. The third kappa shape index (κ3) is 2.62. The van der Waals surface area contributed by atoms with Crippen LogP contribution in [0.4, 0.5) is 0 Å². The van der Waals surface area contributed by atoms with Gasteiger partial charge >= 0.3 is 0 Å². The molecule has 0 heterocycles. The Kier molecular flexibility index (Phi) is 4.28. The number of benzene rings is 1. The highest BCUT2D eigenvalue weighted by atomic mass is 16.5. The van der Waals surface area contributed by atoms with Gasteiger partial charge in [0.05, 0.1) is 13.2 Å². The first kappa shape index (κ1) is 18.2. The van der Waals surface area contributed by atoms with Gasteiger partial charge in [0.15, 0.2) is 5.78 Å². The lowest BCUT2D eigenvalue weighted by Crippen LogP contribution is -2.45. The van der Waals surface area contributed by atoms with Gasteiger partial charge in [0, 0.05) is 12.3 Å². The lowest BCUT2D eigenvalue weighted by molar-refractivity contribution is -0.114. The van der Waals surface area contributed by atoms with Gasteiger partial charge in [-0.25, -0.2) is 0 Å². The molecular formula is C25H30O3. The first-order chi connectivity index (χ1) is 13.5. The predicted octanol–water partition coefficient (Wildman–Crippen LogP) is 4.96.